The zero-order valence-electron chi connectivity index (χ0n) is 22.3. The van der Waals surface area contributed by atoms with Gasteiger partial charge in [0.25, 0.3) is 5.91 Å². The topological polar surface area (TPSA) is 73.0 Å². The Bertz CT molecular complexity index is 1340. The lowest BCUT2D eigenvalue weighted by molar-refractivity contribution is -0.136. The Hall–Kier alpha value is -3.81. The lowest BCUT2D eigenvalue weighted by Crippen LogP contribution is -2.52. The highest BCUT2D eigenvalue weighted by molar-refractivity contribution is 6.05. The normalized spacial score (nSPS) is 22.3. The highest BCUT2D eigenvalue weighted by Gasteiger charge is 2.39. The minimum Gasteiger partial charge on any atom is -0.322 e. The van der Waals surface area contributed by atoms with Gasteiger partial charge in [-0.3, -0.25) is 29.5 Å². The standard InChI is InChI=1S/C32H34N4O3/c1-22-19-35(30(24-8-4-2-5-9-24)25-10-6-3-7-11-25)17-16-34(22)20-23-12-13-27-26(18-23)21-36(32(27)39)28-14-15-29(37)33-31(28)38/h2-13,18,22,28,30H,14-17,19-21H2,1H3,(H,33,37,38)/t22-,28?/m1/s1. The number of nitrogens with zero attached hydrogens (tertiary/aromatic N) is 3. The molecule has 0 aliphatic carbocycles. The molecule has 0 saturated carbocycles. The molecular weight excluding hydrogens is 488 g/mol. The smallest absolute Gasteiger partial charge is 0.255 e. The van der Waals surface area contributed by atoms with Crippen molar-refractivity contribution in [2.24, 2.45) is 0 Å². The van der Waals surface area contributed by atoms with E-state index in [9.17, 15) is 14.4 Å². The second kappa shape index (κ2) is 10.8. The number of fused-ring (bicyclic) bond motifs is 1. The molecule has 0 bridgehead atoms. The van der Waals surface area contributed by atoms with Gasteiger partial charge in [-0.25, -0.2) is 0 Å². The van der Waals surface area contributed by atoms with Crippen LogP contribution in [-0.2, 0) is 22.7 Å². The molecule has 2 saturated heterocycles. The Morgan fingerprint density at radius 2 is 1.59 bits per heavy atom. The van der Waals surface area contributed by atoms with Gasteiger partial charge in [-0.15, -0.1) is 0 Å². The summed E-state index contributed by atoms with van der Waals surface area (Å²) >= 11 is 0. The van der Waals surface area contributed by atoms with Crippen LogP contribution in [0, 0.1) is 0 Å². The van der Waals surface area contributed by atoms with Gasteiger partial charge in [-0.1, -0.05) is 72.8 Å². The molecule has 3 amide bonds. The minimum atomic E-state index is -0.582. The van der Waals surface area contributed by atoms with Crippen LogP contribution in [0.25, 0.3) is 0 Å². The SMILES string of the molecule is C[C@@H]1CN(C(c2ccccc2)c2ccccc2)CCN1Cc1ccc2c(c1)CN(C1CCC(=O)NC1=O)C2=O. The van der Waals surface area contributed by atoms with Crippen molar-refractivity contribution in [3.63, 3.8) is 0 Å². The van der Waals surface area contributed by atoms with Gasteiger partial charge in [0.15, 0.2) is 0 Å². The van der Waals surface area contributed by atoms with Gasteiger partial charge in [0.05, 0.1) is 6.04 Å². The first-order valence-electron chi connectivity index (χ1n) is 13.8. The average molecular weight is 523 g/mol. The summed E-state index contributed by atoms with van der Waals surface area (Å²) in [4.78, 5) is 43.7. The Kier molecular flexibility index (Phi) is 7.02. The van der Waals surface area contributed by atoms with Gasteiger partial charge in [0.2, 0.25) is 11.8 Å². The third kappa shape index (κ3) is 5.12. The van der Waals surface area contributed by atoms with E-state index in [1.165, 1.54) is 16.7 Å². The molecule has 3 aromatic rings. The molecular formula is C32H34N4O3. The van der Waals surface area contributed by atoms with Crippen molar-refractivity contribution in [2.45, 2.75) is 51.0 Å². The molecule has 1 unspecified atom stereocenters. The molecule has 200 valence electrons. The van der Waals surface area contributed by atoms with Crippen molar-refractivity contribution in [1.29, 1.82) is 0 Å². The molecule has 2 fully saturated rings. The molecule has 3 aromatic carbocycles. The number of rotatable bonds is 6. The molecule has 3 aliphatic rings. The van der Waals surface area contributed by atoms with Gasteiger partial charge in [0.1, 0.15) is 6.04 Å². The van der Waals surface area contributed by atoms with Gasteiger partial charge >= 0.3 is 0 Å². The first-order chi connectivity index (χ1) is 19.0. The quantitative estimate of drug-likeness (QED) is 0.500. The van der Waals surface area contributed by atoms with Gasteiger partial charge in [0, 0.05) is 50.7 Å². The fourth-order valence-electron chi connectivity index (χ4n) is 6.34. The van der Waals surface area contributed by atoms with Crippen molar-refractivity contribution < 1.29 is 14.4 Å². The number of benzene rings is 3. The summed E-state index contributed by atoms with van der Waals surface area (Å²) in [6.45, 7) is 6.40. The van der Waals surface area contributed by atoms with Crippen LogP contribution in [0.1, 0.15) is 58.4 Å². The van der Waals surface area contributed by atoms with Crippen LogP contribution >= 0.6 is 0 Å². The lowest BCUT2D eigenvalue weighted by atomic mass is 9.95. The van der Waals surface area contributed by atoms with Crippen molar-refractivity contribution in [3.8, 4) is 0 Å². The molecule has 3 heterocycles. The molecule has 0 aromatic heterocycles. The number of hydrogen-bond acceptors (Lipinski definition) is 5. The third-order valence-electron chi connectivity index (χ3n) is 8.37. The fourth-order valence-corrected chi connectivity index (χ4v) is 6.34. The van der Waals surface area contributed by atoms with Crippen LogP contribution in [0.3, 0.4) is 0 Å². The molecule has 3 aliphatic heterocycles. The van der Waals surface area contributed by atoms with E-state index in [0.29, 0.717) is 24.6 Å². The summed E-state index contributed by atoms with van der Waals surface area (Å²) in [5.74, 6) is -0.764. The highest BCUT2D eigenvalue weighted by Crippen LogP contribution is 2.32. The maximum absolute atomic E-state index is 13.1. The maximum Gasteiger partial charge on any atom is 0.255 e. The summed E-state index contributed by atoms with van der Waals surface area (Å²) in [7, 11) is 0. The Labute approximate surface area is 229 Å². The Morgan fingerprint density at radius 3 is 2.23 bits per heavy atom. The molecule has 7 heteroatoms. The second-order valence-electron chi connectivity index (χ2n) is 10.9. The van der Waals surface area contributed by atoms with Gasteiger partial charge < -0.3 is 4.90 Å². The van der Waals surface area contributed by atoms with Crippen molar-refractivity contribution in [3.05, 3.63) is 107 Å². The zero-order chi connectivity index (χ0) is 26.9. The van der Waals surface area contributed by atoms with Crippen LogP contribution in [-0.4, -0.2) is 64.1 Å². The number of hydrogen-bond donors (Lipinski definition) is 1. The predicted molar refractivity (Wildman–Crippen MR) is 149 cm³/mol. The minimum absolute atomic E-state index is 0.124. The van der Waals surface area contributed by atoms with E-state index in [4.69, 9.17) is 0 Å². The van der Waals surface area contributed by atoms with Crippen molar-refractivity contribution in [1.82, 2.24) is 20.0 Å². The Balaban J connectivity index is 1.14. The fraction of sp³-hybridized carbons (Fsp3) is 0.344. The van der Waals surface area contributed by atoms with Crippen LogP contribution in [0.4, 0.5) is 0 Å². The molecule has 6 rings (SSSR count). The molecule has 0 spiro atoms. The van der Waals surface area contributed by atoms with E-state index in [-0.39, 0.29) is 30.2 Å². The van der Waals surface area contributed by atoms with Gasteiger partial charge in [-0.05, 0) is 41.7 Å². The molecule has 1 N–H and O–H groups in total. The monoisotopic (exact) mass is 522 g/mol. The van der Waals surface area contributed by atoms with Crippen molar-refractivity contribution in [2.75, 3.05) is 19.6 Å². The van der Waals surface area contributed by atoms with E-state index in [0.717, 1.165) is 31.7 Å². The first kappa shape index (κ1) is 25.5. The van der Waals surface area contributed by atoms with E-state index in [1.807, 2.05) is 12.1 Å². The number of amides is 3. The average Bonchev–Trinajstić information content (AvgIpc) is 3.27. The molecule has 2 atom stereocenters. The zero-order valence-corrected chi connectivity index (χ0v) is 22.3. The van der Waals surface area contributed by atoms with Crippen LogP contribution in [0.5, 0.6) is 0 Å². The number of carbonyl (C=O) groups is 3. The Morgan fingerprint density at radius 1 is 0.897 bits per heavy atom. The maximum atomic E-state index is 13.1. The van der Waals surface area contributed by atoms with E-state index in [2.05, 4.69) is 88.8 Å². The molecule has 0 radical (unpaired) electrons. The summed E-state index contributed by atoms with van der Waals surface area (Å²) in [6, 6.07) is 27.6. The molecule has 39 heavy (non-hydrogen) atoms. The summed E-state index contributed by atoms with van der Waals surface area (Å²) < 4.78 is 0. The summed E-state index contributed by atoms with van der Waals surface area (Å²) in [5, 5.41) is 2.37. The number of piperidine rings is 1. The van der Waals surface area contributed by atoms with E-state index < -0.39 is 6.04 Å². The largest absolute Gasteiger partial charge is 0.322 e. The number of nitrogens with one attached hydrogen (secondary N) is 1. The van der Waals surface area contributed by atoms with Crippen LogP contribution in [0.2, 0.25) is 0 Å². The van der Waals surface area contributed by atoms with Gasteiger partial charge in [-0.2, -0.15) is 0 Å². The van der Waals surface area contributed by atoms with Crippen LogP contribution < -0.4 is 5.32 Å². The number of imide groups is 1. The number of piperazine rings is 1. The summed E-state index contributed by atoms with van der Waals surface area (Å²) in [5.41, 5.74) is 5.42. The second-order valence-corrected chi connectivity index (χ2v) is 10.9. The third-order valence-corrected chi connectivity index (χ3v) is 8.37. The summed E-state index contributed by atoms with van der Waals surface area (Å²) in [6.07, 6.45) is 0.646. The van der Waals surface area contributed by atoms with Crippen molar-refractivity contribution >= 4 is 17.7 Å². The molecule has 7 nitrogen and oxygen atoms in total. The lowest BCUT2D eigenvalue weighted by Gasteiger charge is -2.43. The first-order valence-corrected chi connectivity index (χ1v) is 13.8. The van der Waals surface area contributed by atoms with Crippen LogP contribution in [0.15, 0.2) is 78.9 Å². The van der Waals surface area contributed by atoms with E-state index >= 15 is 0 Å². The highest BCUT2D eigenvalue weighted by atomic mass is 16.2. The number of carbonyl (C=O) groups excluding carboxylic acids is 3. The van der Waals surface area contributed by atoms with E-state index in [1.54, 1.807) is 4.90 Å². The predicted octanol–water partition coefficient (Wildman–Crippen LogP) is 3.74.